The van der Waals surface area contributed by atoms with Crippen LogP contribution in [-0.4, -0.2) is 62.3 Å². The molecule has 0 aliphatic carbocycles. The van der Waals surface area contributed by atoms with E-state index in [1.807, 2.05) is 0 Å². The lowest BCUT2D eigenvalue weighted by Gasteiger charge is -2.40. The van der Waals surface area contributed by atoms with Crippen LogP contribution in [0.2, 0.25) is 5.15 Å². The molecule has 1 saturated heterocycles. The van der Waals surface area contributed by atoms with Crippen molar-refractivity contribution in [2.75, 3.05) is 6.61 Å². The molecule has 3 aromatic rings. The molecule has 0 saturated carbocycles. The number of ether oxygens (including phenoxy) is 4. The summed E-state index contributed by atoms with van der Waals surface area (Å²) in [5.41, 5.74) is 1.03. The van der Waals surface area contributed by atoms with Crippen LogP contribution in [-0.2, 0) is 28.5 Å². The van der Waals surface area contributed by atoms with Crippen molar-refractivity contribution in [1.29, 1.82) is 0 Å². The highest BCUT2D eigenvalue weighted by atomic mass is 35.5. The third-order valence-corrected chi connectivity index (χ3v) is 5.37. The minimum atomic E-state index is -1.02. The van der Waals surface area contributed by atoms with E-state index in [-0.39, 0.29) is 18.2 Å². The van der Waals surface area contributed by atoms with Crippen LogP contribution in [0.15, 0.2) is 43.0 Å². The highest BCUT2D eigenvalue weighted by Crippen LogP contribution is 2.34. The molecular weight excluding hydrogens is 468 g/mol. The number of carbonyl (C=O) groups is 3. The van der Waals surface area contributed by atoms with Crippen LogP contribution in [0.5, 0.6) is 0 Å². The van der Waals surface area contributed by atoms with Crippen LogP contribution in [0.4, 0.5) is 0 Å². The Hall–Kier alpha value is -3.57. The van der Waals surface area contributed by atoms with Gasteiger partial charge in [0.2, 0.25) is 0 Å². The Kier molecular flexibility index (Phi) is 7.03. The maximum Gasteiger partial charge on any atom is 0.338 e. The van der Waals surface area contributed by atoms with Gasteiger partial charge in [-0.2, -0.15) is 0 Å². The Morgan fingerprint density at radius 3 is 2.53 bits per heavy atom. The van der Waals surface area contributed by atoms with E-state index < -0.39 is 42.4 Å². The summed E-state index contributed by atoms with van der Waals surface area (Å²) in [6.07, 6.45) is -0.797. The van der Waals surface area contributed by atoms with Gasteiger partial charge in [0.15, 0.2) is 23.1 Å². The number of carbonyl (C=O) groups excluding carboxylic acids is 3. The molecule has 4 atom stereocenters. The first-order chi connectivity index (χ1) is 16.3. The van der Waals surface area contributed by atoms with Gasteiger partial charge in [-0.1, -0.05) is 29.8 Å². The zero-order valence-corrected chi connectivity index (χ0v) is 19.0. The minimum Gasteiger partial charge on any atom is -0.459 e. The molecule has 34 heavy (non-hydrogen) atoms. The molecule has 2 aromatic heterocycles. The zero-order valence-electron chi connectivity index (χ0n) is 18.3. The topological polar surface area (TPSA) is 132 Å². The molecule has 1 aliphatic rings. The maximum absolute atomic E-state index is 12.4. The van der Waals surface area contributed by atoms with Gasteiger partial charge in [0.25, 0.3) is 0 Å². The van der Waals surface area contributed by atoms with Crippen molar-refractivity contribution in [3.63, 3.8) is 0 Å². The van der Waals surface area contributed by atoms with Gasteiger partial charge >= 0.3 is 17.9 Å². The molecule has 4 rings (SSSR count). The molecular formula is C22H21ClN4O7. The molecule has 1 aliphatic heterocycles. The van der Waals surface area contributed by atoms with E-state index in [0.29, 0.717) is 16.7 Å². The molecule has 3 unspecified atom stereocenters. The number of aromatic nitrogens is 4. The number of nitrogens with zero attached hydrogens (tertiary/aromatic N) is 4. The summed E-state index contributed by atoms with van der Waals surface area (Å²) in [6.45, 7) is 2.36. The van der Waals surface area contributed by atoms with Crippen LogP contribution < -0.4 is 0 Å². The number of hydrogen-bond acceptors (Lipinski definition) is 10. The van der Waals surface area contributed by atoms with Crippen molar-refractivity contribution in [2.45, 2.75) is 44.8 Å². The number of halogens is 1. The van der Waals surface area contributed by atoms with Gasteiger partial charge in [0.05, 0.1) is 18.0 Å². The van der Waals surface area contributed by atoms with Gasteiger partial charge in [-0.15, -0.1) is 0 Å². The first-order valence-corrected chi connectivity index (χ1v) is 10.8. The smallest absolute Gasteiger partial charge is 0.338 e. The van der Waals surface area contributed by atoms with Gasteiger partial charge in [0, 0.05) is 20.3 Å². The summed E-state index contributed by atoms with van der Waals surface area (Å²) in [4.78, 5) is 48.4. The lowest BCUT2D eigenvalue weighted by molar-refractivity contribution is -0.227. The number of rotatable bonds is 6. The van der Waals surface area contributed by atoms with E-state index in [0.717, 1.165) is 0 Å². The van der Waals surface area contributed by atoms with Crippen LogP contribution in [0.3, 0.4) is 0 Å². The van der Waals surface area contributed by atoms with Crippen molar-refractivity contribution < 1.29 is 33.3 Å². The average Bonchev–Trinajstić information content (AvgIpc) is 3.24. The Labute approximate surface area is 198 Å². The quantitative estimate of drug-likeness (QED) is 0.289. The van der Waals surface area contributed by atoms with E-state index in [9.17, 15) is 14.4 Å². The average molecular weight is 489 g/mol. The third kappa shape index (κ3) is 5.15. The second-order valence-electron chi connectivity index (χ2n) is 7.56. The van der Waals surface area contributed by atoms with E-state index >= 15 is 0 Å². The Balaban J connectivity index is 1.63. The molecule has 0 radical (unpaired) electrons. The molecule has 0 spiro atoms. The SMILES string of the molecule is CC(=O)OC1C[C@@H](COC(=O)c2ccccc2)OC(n2cnc3c(Cl)ncnc32)C1OC(C)=O. The van der Waals surface area contributed by atoms with Crippen LogP contribution in [0, 0.1) is 0 Å². The van der Waals surface area contributed by atoms with Crippen molar-refractivity contribution in [3.8, 4) is 0 Å². The Morgan fingerprint density at radius 1 is 1.09 bits per heavy atom. The molecule has 11 nitrogen and oxygen atoms in total. The van der Waals surface area contributed by atoms with E-state index in [2.05, 4.69) is 15.0 Å². The summed E-state index contributed by atoms with van der Waals surface area (Å²) < 4.78 is 24.1. The largest absolute Gasteiger partial charge is 0.459 e. The van der Waals surface area contributed by atoms with Crippen LogP contribution in [0.1, 0.15) is 36.9 Å². The summed E-state index contributed by atoms with van der Waals surface area (Å²) in [7, 11) is 0. The summed E-state index contributed by atoms with van der Waals surface area (Å²) in [6, 6.07) is 8.50. The molecule has 0 amide bonds. The highest BCUT2D eigenvalue weighted by molar-refractivity contribution is 6.33. The Morgan fingerprint density at radius 2 is 1.82 bits per heavy atom. The lowest BCUT2D eigenvalue weighted by atomic mass is 10.0. The van der Waals surface area contributed by atoms with Crippen molar-refractivity contribution >= 4 is 40.7 Å². The summed E-state index contributed by atoms with van der Waals surface area (Å²) >= 11 is 6.12. The van der Waals surface area contributed by atoms with Gasteiger partial charge in [-0.25, -0.2) is 19.7 Å². The monoisotopic (exact) mass is 488 g/mol. The normalized spacial score (nSPS) is 22.2. The predicted molar refractivity (Wildman–Crippen MR) is 117 cm³/mol. The van der Waals surface area contributed by atoms with Gasteiger partial charge in [-0.05, 0) is 12.1 Å². The number of imidazole rings is 1. The molecule has 0 bridgehead atoms. The molecule has 1 fully saturated rings. The number of esters is 3. The van der Waals surface area contributed by atoms with Crippen LogP contribution >= 0.6 is 11.6 Å². The van der Waals surface area contributed by atoms with Crippen molar-refractivity contribution in [2.24, 2.45) is 0 Å². The zero-order chi connectivity index (χ0) is 24.2. The summed E-state index contributed by atoms with van der Waals surface area (Å²) in [5, 5.41) is 0.133. The molecule has 0 N–H and O–H groups in total. The van der Waals surface area contributed by atoms with E-state index in [4.69, 9.17) is 30.5 Å². The number of hydrogen-bond donors (Lipinski definition) is 0. The first kappa shape index (κ1) is 23.6. The molecule has 1 aromatic carbocycles. The second kappa shape index (κ2) is 10.1. The first-order valence-electron chi connectivity index (χ1n) is 10.4. The fraction of sp³-hybridized carbons (Fsp3) is 0.364. The van der Waals surface area contributed by atoms with Gasteiger partial charge in [-0.3, -0.25) is 14.2 Å². The van der Waals surface area contributed by atoms with Crippen LogP contribution in [0.25, 0.3) is 11.2 Å². The highest BCUT2D eigenvalue weighted by Gasteiger charge is 2.45. The lowest BCUT2D eigenvalue weighted by Crippen LogP contribution is -2.50. The third-order valence-electron chi connectivity index (χ3n) is 5.09. The predicted octanol–water partition coefficient (Wildman–Crippen LogP) is 2.49. The number of fused-ring (bicyclic) bond motifs is 1. The second-order valence-corrected chi connectivity index (χ2v) is 7.92. The molecule has 12 heteroatoms. The standard InChI is InChI=1S/C22H21ClN4O7/c1-12(28)32-16-8-15(9-31-22(30)14-6-4-3-5-7-14)34-21(18(16)33-13(2)29)27-11-26-17-19(23)24-10-25-20(17)27/h3-7,10-11,15-16,18,21H,8-9H2,1-2H3/t15-,16?,18?,21?/m0/s1. The molecule has 3 heterocycles. The van der Waals surface area contributed by atoms with E-state index in [1.54, 1.807) is 30.3 Å². The maximum atomic E-state index is 12.4. The fourth-order valence-electron chi connectivity index (χ4n) is 3.73. The van der Waals surface area contributed by atoms with Crippen molar-refractivity contribution in [1.82, 2.24) is 19.5 Å². The van der Waals surface area contributed by atoms with Gasteiger partial charge < -0.3 is 18.9 Å². The van der Waals surface area contributed by atoms with Gasteiger partial charge in [0.1, 0.15) is 24.6 Å². The Bertz CT molecular complexity index is 1200. The summed E-state index contributed by atoms with van der Waals surface area (Å²) in [5.74, 6) is -1.69. The minimum absolute atomic E-state index is 0.123. The van der Waals surface area contributed by atoms with Crippen molar-refractivity contribution in [3.05, 3.63) is 53.7 Å². The number of benzene rings is 1. The van der Waals surface area contributed by atoms with E-state index in [1.165, 1.54) is 31.1 Å². The molecule has 178 valence electrons. The fourth-order valence-corrected chi connectivity index (χ4v) is 3.91.